The molecule has 1 heterocycles. The molecule has 0 bridgehead atoms. The van der Waals surface area contributed by atoms with E-state index in [1.165, 1.54) is 23.5 Å². The molecule has 90 valence electrons. The van der Waals surface area contributed by atoms with Gasteiger partial charge in [-0.25, -0.2) is 13.8 Å². The Morgan fingerprint density at radius 2 is 2.00 bits per heavy atom. The molecule has 0 aliphatic carbocycles. The van der Waals surface area contributed by atoms with Crippen molar-refractivity contribution in [2.75, 3.05) is 5.73 Å². The summed E-state index contributed by atoms with van der Waals surface area (Å²) in [5.74, 6) is -1.01. The van der Waals surface area contributed by atoms with Gasteiger partial charge in [0.25, 0.3) is 0 Å². The lowest BCUT2D eigenvalue weighted by molar-refractivity contribution is 0.585. The first-order valence-corrected chi connectivity index (χ1v) is 6.02. The third kappa shape index (κ3) is 2.29. The molecule has 2 N–H and O–H groups in total. The number of halogens is 2. The molecule has 5 heteroatoms. The second-order valence-electron chi connectivity index (χ2n) is 4.04. The normalized spacial score (nSPS) is 11.1. The van der Waals surface area contributed by atoms with Crippen LogP contribution in [-0.4, -0.2) is 4.98 Å². The molecule has 0 radical (unpaired) electrons. The monoisotopic (exact) mass is 254 g/mol. The zero-order chi connectivity index (χ0) is 12.6. The molecule has 1 aromatic heterocycles. The molecule has 2 aromatic rings. The van der Waals surface area contributed by atoms with Crippen LogP contribution in [0.15, 0.2) is 18.2 Å². The Labute approximate surface area is 102 Å². The SMILES string of the molecule is CC(C)c1sc(N)nc1-c1ccc(F)cc1F. The summed E-state index contributed by atoms with van der Waals surface area (Å²) in [6.45, 7) is 3.97. The average molecular weight is 254 g/mol. The fraction of sp³-hybridized carbons (Fsp3) is 0.250. The predicted octanol–water partition coefficient (Wildman–Crippen LogP) is 3.79. The molecular weight excluding hydrogens is 242 g/mol. The van der Waals surface area contributed by atoms with E-state index < -0.39 is 11.6 Å². The lowest BCUT2D eigenvalue weighted by Crippen LogP contribution is -1.92. The molecule has 0 fully saturated rings. The molecule has 0 aliphatic heterocycles. The Balaban J connectivity index is 2.59. The highest BCUT2D eigenvalue weighted by Gasteiger charge is 2.17. The Morgan fingerprint density at radius 1 is 1.29 bits per heavy atom. The standard InChI is InChI=1S/C12H12F2N2S/c1-6(2)11-10(16-12(15)17-11)8-4-3-7(13)5-9(8)14/h3-6H,1-2H3,(H2,15,16). The summed E-state index contributed by atoms with van der Waals surface area (Å²) in [6, 6.07) is 3.47. The van der Waals surface area contributed by atoms with Gasteiger partial charge in [-0.3, -0.25) is 0 Å². The molecule has 0 spiro atoms. The maximum Gasteiger partial charge on any atom is 0.180 e. The minimum Gasteiger partial charge on any atom is -0.375 e. The van der Waals surface area contributed by atoms with Crippen LogP contribution in [0.2, 0.25) is 0 Å². The summed E-state index contributed by atoms with van der Waals surface area (Å²) in [6.07, 6.45) is 0. The minimum atomic E-state index is -0.614. The number of hydrogen-bond donors (Lipinski definition) is 1. The molecule has 2 rings (SSSR count). The van der Waals surface area contributed by atoms with Crippen molar-refractivity contribution in [3.63, 3.8) is 0 Å². The smallest absolute Gasteiger partial charge is 0.180 e. The molecule has 0 aliphatic rings. The highest BCUT2D eigenvalue weighted by Crippen LogP contribution is 2.36. The van der Waals surface area contributed by atoms with Crippen molar-refractivity contribution in [1.29, 1.82) is 0 Å². The molecule has 2 nitrogen and oxygen atoms in total. The van der Waals surface area contributed by atoms with Gasteiger partial charge in [0, 0.05) is 16.5 Å². The van der Waals surface area contributed by atoms with Crippen molar-refractivity contribution in [3.05, 3.63) is 34.7 Å². The van der Waals surface area contributed by atoms with Crippen LogP contribution < -0.4 is 5.73 Å². The first-order valence-electron chi connectivity index (χ1n) is 5.20. The molecule has 0 saturated carbocycles. The summed E-state index contributed by atoms with van der Waals surface area (Å²) in [5, 5.41) is 0.396. The van der Waals surface area contributed by atoms with Crippen molar-refractivity contribution in [2.24, 2.45) is 0 Å². The largest absolute Gasteiger partial charge is 0.375 e. The Morgan fingerprint density at radius 3 is 2.59 bits per heavy atom. The fourth-order valence-corrected chi connectivity index (χ4v) is 2.47. The zero-order valence-electron chi connectivity index (χ0n) is 9.50. The number of rotatable bonds is 2. The molecule has 1 aromatic carbocycles. The summed E-state index contributed by atoms with van der Waals surface area (Å²) in [5.41, 5.74) is 6.45. The first-order chi connectivity index (χ1) is 7.99. The van der Waals surface area contributed by atoms with Gasteiger partial charge in [-0.2, -0.15) is 0 Å². The van der Waals surface area contributed by atoms with E-state index in [1.54, 1.807) is 0 Å². The van der Waals surface area contributed by atoms with Crippen molar-refractivity contribution < 1.29 is 8.78 Å². The lowest BCUT2D eigenvalue weighted by Gasteiger charge is -2.06. The van der Waals surface area contributed by atoms with Crippen LogP contribution in [0.4, 0.5) is 13.9 Å². The molecule has 0 amide bonds. The molecule has 0 atom stereocenters. The van der Waals surface area contributed by atoms with Gasteiger partial charge in [0.05, 0.1) is 5.69 Å². The number of aromatic nitrogens is 1. The van der Waals surface area contributed by atoms with Crippen LogP contribution in [-0.2, 0) is 0 Å². The van der Waals surface area contributed by atoms with Crippen molar-refractivity contribution in [3.8, 4) is 11.3 Å². The van der Waals surface area contributed by atoms with Gasteiger partial charge in [0.1, 0.15) is 11.6 Å². The topological polar surface area (TPSA) is 38.9 Å². The number of thiazole rings is 1. The van der Waals surface area contributed by atoms with Crippen LogP contribution in [0.1, 0.15) is 24.6 Å². The summed E-state index contributed by atoms with van der Waals surface area (Å²) >= 11 is 1.34. The molecular formula is C12H12F2N2S. The van der Waals surface area contributed by atoms with Crippen molar-refractivity contribution >= 4 is 16.5 Å². The van der Waals surface area contributed by atoms with Crippen LogP contribution in [0.25, 0.3) is 11.3 Å². The lowest BCUT2D eigenvalue weighted by atomic mass is 10.1. The highest BCUT2D eigenvalue weighted by atomic mass is 32.1. The van der Waals surface area contributed by atoms with Crippen LogP contribution in [0.5, 0.6) is 0 Å². The second kappa shape index (κ2) is 4.41. The third-order valence-electron chi connectivity index (χ3n) is 2.38. The molecule has 0 unspecified atom stereocenters. The van der Waals surface area contributed by atoms with E-state index in [0.717, 1.165) is 10.9 Å². The van der Waals surface area contributed by atoms with Gasteiger partial charge in [0.15, 0.2) is 5.13 Å². The van der Waals surface area contributed by atoms with E-state index in [4.69, 9.17) is 5.73 Å². The summed E-state index contributed by atoms with van der Waals surface area (Å²) < 4.78 is 26.5. The Kier molecular flexibility index (Phi) is 3.11. The summed E-state index contributed by atoms with van der Waals surface area (Å²) in [4.78, 5) is 5.04. The maximum absolute atomic E-state index is 13.7. The van der Waals surface area contributed by atoms with Gasteiger partial charge in [-0.05, 0) is 18.1 Å². The van der Waals surface area contributed by atoms with E-state index in [1.807, 2.05) is 13.8 Å². The molecule has 17 heavy (non-hydrogen) atoms. The van der Waals surface area contributed by atoms with E-state index >= 15 is 0 Å². The molecule has 0 saturated heterocycles. The minimum absolute atomic E-state index is 0.198. The van der Waals surface area contributed by atoms with Crippen molar-refractivity contribution in [1.82, 2.24) is 4.98 Å². The van der Waals surface area contributed by atoms with Crippen LogP contribution in [0.3, 0.4) is 0 Å². The quantitative estimate of drug-likeness (QED) is 0.885. The number of benzene rings is 1. The van der Waals surface area contributed by atoms with E-state index in [2.05, 4.69) is 4.98 Å². The third-order valence-corrected chi connectivity index (χ3v) is 3.57. The van der Waals surface area contributed by atoms with Gasteiger partial charge in [-0.15, -0.1) is 11.3 Å². The van der Waals surface area contributed by atoms with Gasteiger partial charge >= 0.3 is 0 Å². The van der Waals surface area contributed by atoms with Crippen LogP contribution >= 0.6 is 11.3 Å². The zero-order valence-corrected chi connectivity index (χ0v) is 10.3. The average Bonchev–Trinajstić information content (AvgIpc) is 2.60. The maximum atomic E-state index is 13.7. The number of nitrogens with two attached hydrogens (primary N) is 1. The number of hydrogen-bond acceptors (Lipinski definition) is 3. The fourth-order valence-electron chi connectivity index (χ4n) is 1.61. The van der Waals surface area contributed by atoms with Crippen LogP contribution in [0, 0.1) is 11.6 Å². The van der Waals surface area contributed by atoms with Gasteiger partial charge in [0.2, 0.25) is 0 Å². The van der Waals surface area contributed by atoms with Gasteiger partial charge in [-0.1, -0.05) is 13.8 Å². The predicted molar refractivity (Wildman–Crippen MR) is 66.0 cm³/mol. The summed E-state index contributed by atoms with van der Waals surface area (Å²) in [7, 11) is 0. The Bertz CT molecular complexity index is 549. The number of anilines is 1. The number of nitrogens with zero attached hydrogens (tertiary/aromatic N) is 1. The van der Waals surface area contributed by atoms with E-state index in [0.29, 0.717) is 16.4 Å². The van der Waals surface area contributed by atoms with E-state index in [-0.39, 0.29) is 5.92 Å². The number of nitrogen functional groups attached to an aromatic ring is 1. The van der Waals surface area contributed by atoms with Crippen molar-refractivity contribution in [2.45, 2.75) is 19.8 Å². The van der Waals surface area contributed by atoms with E-state index in [9.17, 15) is 8.78 Å². The second-order valence-corrected chi connectivity index (χ2v) is 5.11. The van der Waals surface area contributed by atoms with Gasteiger partial charge < -0.3 is 5.73 Å². The Hall–Kier alpha value is -1.49. The first kappa shape index (κ1) is 12.0. The highest BCUT2D eigenvalue weighted by molar-refractivity contribution is 7.15.